The Balaban J connectivity index is 1.46. The Morgan fingerprint density at radius 3 is 3.00 bits per heavy atom. The van der Waals surface area contributed by atoms with E-state index in [9.17, 15) is 9.18 Å². The van der Waals surface area contributed by atoms with Crippen LogP contribution in [0.4, 0.5) is 10.2 Å². The fraction of sp³-hybridized carbons (Fsp3) is 0.350. The zero-order valence-electron chi connectivity index (χ0n) is 15.9. The molecule has 1 atom stereocenters. The molecule has 0 spiro atoms. The van der Waals surface area contributed by atoms with Crippen molar-refractivity contribution < 1.29 is 9.18 Å². The van der Waals surface area contributed by atoms with Crippen molar-refractivity contribution >= 4 is 22.8 Å². The molecule has 0 radical (unpaired) electrons. The van der Waals surface area contributed by atoms with Crippen LogP contribution in [0.1, 0.15) is 27.9 Å². The molecule has 0 unspecified atom stereocenters. The number of nitrogens with two attached hydrogens (primary N) is 1. The highest BCUT2D eigenvalue weighted by Gasteiger charge is 2.36. The number of aromatic amines is 1. The number of nitrogens with one attached hydrogen (secondary N) is 2. The van der Waals surface area contributed by atoms with Crippen molar-refractivity contribution in [3.05, 3.63) is 53.2 Å². The Kier molecular flexibility index (Phi) is 4.50. The number of rotatable bonds is 4. The van der Waals surface area contributed by atoms with E-state index in [0.717, 1.165) is 34.5 Å². The Labute approximate surface area is 162 Å². The predicted octanol–water partition coefficient (Wildman–Crippen LogP) is 2.05. The van der Waals surface area contributed by atoms with E-state index in [-0.39, 0.29) is 12.1 Å². The first-order valence-corrected chi connectivity index (χ1v) is 9.23. The summed E-state index contributed by atoms with van der Waals surface area (Å²) < 4.78 is 14.0. The smallest absolute Gasteiger partial charge is 0.254 e. The number of nitrogens with zero attached hydrogens (tertiary/aromatic N) is 3. The minimum absolute atomic E-state index is 0.0320. The lowest BCUT2D eigenvalue weighted by Gasteiger charge is -2.25. The minimum Gasteiger partial charge on any atom is -0.354 e. The molecule has 3 heterocycles. The molecule has 1 amide bonds. The number of carbonyl (C=O) groups excluding carboxylic acids is 1. The Morgan fingerprint density at radius 2 is 2.21 bits per heavy atom. The summed E-state index contributed by atoms with van der Waals surface area (Å²) in [5, 5.41) is 3.77. The van der Waals surface area contributed by atoms with E-state index in [1.807, 2.05) is 13.1 Å². The first kappa shape index (κ1) is 18.4. The van der Waals surface area contributed by atoms with Gasteiger partial charge in [0.25, 0.3) is 5.91 Å². The molecule has 4 N–H and O–H groups in total. The molecule has 28 heavy (non-hydrogen) atoms. The Bertz CT molecular complexity index is 1050. The standard InChI is InChI=1S/C20H23FN6O/c1-12-3-4-14(15(21)7-12)19(28)24-9-20(22)5-6-27(10-20)18-16-13(2)8-23-17(16)25-11-26-18/h3-4,7-8,11H,5-6,9-10,22H2,1-2H3,(H,24,28)(H,23,25,26)/t20-/m0/s1. The zero-order chi connectivity index (χ0) is 19.9. The van der Waals surface area contributed by atoms with Gasteiger partial charge in [-0.1, -0.05) is 6.07 Å². The summed E-state index contributed by atoms with van der Waals surface area (Å²) in [5.41, 5.74) is 8.59. The Morgan fingerprint density at radius 1 is 1.39 bits per heavy atom. The van der Waals surface area contributed by atoms with Crippen LogP contribution in [-0.2, 0) is 0 Å². The zero-order valence-corrected chi connectivity index (χ0v) is 15.9. The normalized spacial score (nSPS) is 19.4. The summed E-state index contributed by atoms with van der Waals surface area (Å²) in [4.78, 5) is 26.3. The predicted molar refractivity (Wildman–Crippen MR) is 106 cm³/mol. The molecule has 0 saturated carbocycles. The number of amides is 1. The fourth-order valence-corrected chi connectivity index (χ4v) is 3.71. The van der Waals surface area contributed by atoms with Crippen molar-refractivity contribution in [1.82, 2.24) is 20.3 Å². The number of fused-ring (bicyclic) bond motifs is 1. The molecule has 146 valence electrons. The lowest BCUT2D eigenvalue weighted by atomic mass is 10.00. The van der Waals surface area contributed by atoms with Crippen LogP contribution in [0, 0.1) is 19.7 Å². The van der Waals surface area contributed by atoms with Crippen LogP contribution in [0.25, 0.3) is 11.0 Å². The van der Waals surface area contributed by atoms with Gasteiger partial charge < -0.3 is 20.9 Å². The average Bonchev–Trinajstić information content (AvgIpc) is 3.24. The van der Waals surface area contributed by atoms with E-state index < -0.39 is 17.3 Å². The first-order valence-electron chi connectivity index (χ1n) is 9.23. The number of aryl methyl sites for hydroxylation is 2. The van der Waals surface area contributed by atoms with Gasteiger partial charge in [-0.15, -0.1) is 0 Å². The monoisotopic (exact) mass is 382 g/mol. The number of carbonyl (C=O) groups is 1. The van der Waals surface area contributed by atoms with Gasteiger partial charge in [-0.25, -0.2) is 14.4 Å². The van der Waals surface area contributed by atoms with Crippen LogP contribution in [-0.4, -0.2) is 46.0 Å². The van der Waals surface area contributed by atoms with Gasteiger partial charge in [0.2, 0.25) is 0 Å². The molecule has 1 aliphatic rings. The van der Waals surface area contributed by atoms with Gasteiger partial charge >= 0.3 is 0 Å². The van der Waals surface area contributed by atoms with E-state index in [4.69, 9.17) is 5.73 Å². The molecular weight excluding hydrogens is 359 g/mol. The maximum atomic E-state index is 14.0. The topological polar surface area (TPSA) is 99.9 Å². The van der Waals surface area contributed by atoms with Crippen molar-refractivity contribution in [3.8, 4) is 0 Å². The van der Waals surface area contributed by atoms with Gasteiger partial charge in [0.05, 0.1) is 16.5 Å². The van der Waals surface area contributed by atoms with E-state index in [1.54, 1.807) is 13.0 Å². The van der Waals surface area contributed by atoms with E-state index in [0.29, 0.717) is 13.0 Å². The Hall–Kier alpha value is -3.00. The van der Waals surface area contributed by atoms with Gasteiger partial charge in [-0.05, 0) is 43.5 Å². The van der Waals surface area contributed by atoms with Crippen molar-refractivity contribution in [2.24, 2.45) is 5.73 Å². The molecular formula is C20H23FN6O. The van der Waals surface area contributed by atoms with Crippen molar-refractivity contribution in [3.63, 3.8) is 0 Å². The molecule has 7 nitrogen and oxygen atoms in total. The summed E-state index contributed by atoms with van der Waals surface area (Å²) in [7, 11) is 0. The highest BCUT2D eigenvalue weighted by molar-refractivity contribution is 5.94. The quantitative estimate of drug-likeness (QED) is 0.641. The van der Waals surface area contributed by atoms with Gasteiger partial charge in [-0.2, -0.15) is 0 Å². The summed E-state index contributed by atoms with van der Waals surface area (Å²) in [6.07, 6.45) is 4.13. The fourth-order valence-electron chi connectivity index (χ4n) is 3.71. The van der Waals surface area contributed by atoms with Gasteiger partial charge in [0.15, 0.2) is 0 Å². The number of aromatic nitrogens is 3. The summed E-state index contributed by atoms with van der Waals surface area (Å²) >= 11 is 0. The largest absolute Gasteiger partial charge is 0.354 e. The summed E-state index contributed by atoms with van der Waals surface area (Å²) in [6.45, 7) is 5.31. The molecule has 1 saturated heterocycles. The third kappa shape index (κ3) is 3.31. The van der Waals surface area contributed by atoms with Crippen LogP contribution in [0.15, 0.2) is 30.7 Å². The number of anilines is 1. The molecule has 0 aliphatic carbocycles. The highest BCUT2D eigenvalue weighted by atomic mass is 19.1. The molecule has 0 bridgehead atoms. The summed E-state index contributed by atoms with van der Waals surface area (Å²) in [5.74, 6) is -0.137. The van der Waals surface area contributed by atoms with Crippen LogP contribution < -0.4 is 16.0 Å². The average molecular weight is 382 g/mol. The second-order valence-corrected chi connectivity index (χ2v) is 7.59. The molecule has 2 aromatic heterocycles. The van der Waals surface area contributed by atoms with E-state index in [1.165, 1.54) is 18.5 Å². The molecule has 1 fully saturated rings. The molecule has 1 aliphatic heterocycles. The number of H-pyrrole nitrogens is 1. The number of benzene rings is 1. The van der Waals surface area contributed by atoms with Crippen LogP contribution >= 0.6 is 0 Å². The molecule has 4 rings (SSSR count). The maximum absolute atomic E-state index is 14.0. The van der Waals surface area contributed by atoms with Crippen molar-refractivity contribution in [1.29, 1.82) is 0 Å². The van der Waals surface area contributed by atoms with Gasteiger partial charge in [0, 0.05) is 25.8 Å². The van der Waals surface area contributed by atoms with Crippen LogP contribution in [0.5, 0.6) is 0 Å². The molecule has 3 aromatic rings. The summed E-state index contributed by atoms with van der Waals surface area (Å²) in [6, 6.07) is 4.56. The second kappa shape index (κ2) is 6.87. The van der Waals surface area contributed by atoms with Crippen LogP contribution in [0.3, 0.4) is 0 Å². The lowest BCUT2D eigenvalue weighted by molar-refractivity contribution is 0.0941. The number of halogens is 1. The van der Waals surface area contributed by atoms with Gasteiger partial charge in [-0.3, -0.25) is 4.79 Å². The number of hydrogen-bond acceptors (Lipinski definition) is 5. The SMILES string of the molecule is Cc1ccc(C(=O)NC[C@@]2(N)CCN(c3ncnc4[nH]cc(C)c34)C2)c(F)c1. The number of hydrogen-bond donors (Lipinski definition) is 3. The second-order valence-electron chi connectivity index (χ2n) is 7.59. The third-order valence-corrected chi connectivity index (χ3v) is 5.30. The van der Waals surface area contributed by atoms with Crippen molar-refractivity contribution in [2.45, 2.75) is 25.8 Å². The highest BCUT2D eigenvalue weighted by Crippen LogP contribution is 2.30. The first-order chi connectivity index (χ1) is 13.4. The lowest BCUT2D eigenvalue weighted by Crippen LogP contribution is -2.52. The van der Waals surface area contributed by atoms with Gasteiger partial charge in [0.1, 0.15) is 23.6 Å². The van der Waals surface area contributed by atoms with Crippen LogP contribution in [0.2, 0.25) is 0 Å². The molecule has 8 heteroatoms. The van der Waals surface area contributed by atoms with E-state index in [2.05, 4.69) is 25.2 Å². The van der Waals surface area contributed by atoms with Crippen molar-refractivity contribution in [2.75, 3.05) is 24.5 Å². The third-order valence-electron chi connectivity index (χ3n) is 5.30. The minimum atomic E-state index is -0.613. The molecule has 1 aromatic carbocycles. The maximum Gasteiger partial charge on any atom is 0.254 e. The van der Waals surface area contributed by atoms with E-state index >= 15 is 0 Å².